The molecule has 0 saturated heterocycles. The lowest BCUT2D eigenvalue weighted by Gasteiger charge is -2.22. The van der Waals surface area contributed by atoms with E-state index in [1.165, 1.54) is 33.4 Å². The lowest BCUT2D eigenvalue weighted by Crippen LogP contribution is -2.15. The first-order valence-electron chi connectivity index (χ1n) is 7.79. The Morgan fingerprint density at radius 1 is 0.826 bits per heavy atom. The largest absolute Gasteiger partial charge is 0.398 e. The normalized spacial score (nSPS) is 14.4. The van der Waals surface area contributed by atoms with Gasteiger partial charge >= 0.3 is 0 Å². The number of hydrogen-bond acceptors (Lipinski definition) is 1. The summed E-state index contributed by atoms with van der Waals surface area (Å²) in [5.41, 5.74) is 14.7. The van der Waals surface area contributed by atoms with Crippen LogP contribution >= 0.6 is 15.9 Å². The van der Waals surface area contributed by atoms with Gasteiger partial charge in [-0.15, -0.1) is 0 Å². The van der Waals surface area contributed by atoms with Gasteiger partial charge in [0.1, 0.15) is 0 Å². The van der Waals surface area contributed by atoms with E-state index < -0.39 is 0 Å². The molecule has 0 amide bonds. The van der Waals surface area contributed by atoms with E-state index in [1.54, 1.807) is 0 Å². The summed E-state index contributed by atoms with van der Waals surface area (Å²) in [4.78, 5) is 0. The molecule has 3 aromatic rings. The zero-order valence-electron chi connectivity index (χ0n) is 13.2. The van der Waals surface area contributed by atoms with E-state index in [0.29, 0.717) is 0 Å². The van der Waals surface area contributed by atoms with Crippen LogP contribution in [0.1, 0.15) is 25.0 Å². The summed E-state index contributed by atoms with van der Waals surface area (Å²) in [5.74, 6) is 0. The molecule has 3 aromatic carbocycles. The number of rotatable bonds is 1. The van der Waals surface area contributed by atoms with Crippen LogP contribution in [0.15, 0.2) is 65.1 Å². The molecule has 2 heteroatoms. The van der Waals surface area contributed by atoms with E-state index in [9.17, 15) is 0 Å². The second-order valence-corrected chi connectivity index (χ2v) is 7.49. The van der Waals surface area contributed by atoms with Crippen LogP contribution < -0.4 is 5.73 Å². The molecule has 0 radical (unpaired) electrons. The molecule has 114 valence electrons. The number of benzene rings is 3. The summed E-state index contributed by atoms with van der Waals surface area (Å²) in [6, 6.07) is 21.5. The standard InChI is InChI=1S/C21H18BrN/c1-21(2)16-10-6-9-14(13-7-4-3-5-8-13)20(16)15-11-18(22)19(23)12-17(15)21/h3-12H,23H2,1-2H3. The molecule has 0 fully saturated rings. The highest BCUT2D eigenvalue weighted by molar-refractivity contribution is 9.10. The van der Waals surface area contributed by atoms with E-state index in [0.717, 1.165) is 10.2 Å². The van der Waals surface area contributed by atoms with Gasteiger partial charge in [0.25, 0.3) is 0 Å². The molecule has 0 saturated carbocycles. The third-order valence-corrected chi connectivity index (χ3v) is 5.59. The number of nitrogens with two attached hydrogens (primary N) is 1. The van der Waals surface area contributed by atoms with Crippen molar-refractivity contribution in [3.05, 3.63) is 76.3 Å². The molecule has 0 unspecified atom stereocenters. The predicted octanol–water partition coefficient (Wildman–Crippen LogP) is 6.00. The van der Waals surface area contributed by atoms with Crippen molar-refractivity contribution >= 4 is 21.6 Å². The summed E-state index contributed by atoms with van der Waals surface area (Å²) >= 11 is 3.59. The average Bonchev–Trinajstić information content (AvgIpc) is 2.77. The highest BCUT2D eigenvalue weighted by Crippen LogP contribution is 2.53. The zero-order chi connectivity index (χ0) is 16.2. The summed E-state index contributed by atoms with van der Waals surface area (Å²) < 4.78 is 0.961. The summed E-state index contributed by atoms with van der Waals surface area (Å²) in [6.45, 7) is 4.56. The Labute approximate surface area is 145 Å². The Bertz CT molecular complexity index is 911. The molecular weight excluding hydrogens is 346 g/mol. The van der Waals surface area contributed by atoms with Crippen LogP contribution in [0, 0.1) is 0 Å². The molecule has 0 bridgehead atoms. The quantitative estimate of drug-likeness (QED) is 0.526. The van der Waals surface area contributed by atoms with Gasteiger partial charge in [0.15, 0.2) is 0 Å². The second-order valence-electron chi connectivity index (χ2n) is 6.64. The molecule has 0 atom stereocenters. The molecule has 1 nitrogen and oxygen atoms in total. The number of halogens is 1. The SMILES string of the molecule is CC1(C)c2cc(N)c(Br)cc2-c2c(-c3ccccc3)cccc21. The van der Waals surface area contributed by atoms with Gasteiger partial charge in [-0.1, -0.05) is 62.4 Å². The summed E-state index contributed by atoms with van der Waals surface area (Å²) in [7, 11) is 0. The summed E-state index contributed by atoms with van der Waals surface area (Å²) in [6.07, 6.45) is 0. The Hall–Kier alpha value is -2.06. The van der Waals surface area contributed by atoms with Crippen LogP contribution in [0.25, 0.3) is 22.3 Å². The van der Waals surface area contributed by atoms with Gasteiger partial charge in [-0.25, -0.2) is 0 Å². The lowest BCUT2D eigenvalue weighted by atomic mass is 9.82. The number of nitrogen functional groups attached to an aromatic ring is 1. The van der Waals surface area contributed by atoms with Crippen molar-refractivity contribution in [2.75, 3.05) is 5.73 Å². The Kier molecular flexibility index (Phi) is 3.14. The highest BCUT2D eigenvalue weighted by atomic mass is 79.9. The van der Waals surface area contributed by atoms with Crippen molar-refractivity contribution in [2.24, 2.45) is 0 Å². The van der Waals surface area contributed by atoms with Crippen LogP contribution in [0.2, 0.25) is 0 Å². The fourth-order valence-electron chi connectivity index (χ4n) is 3.68. The van der Waals surface area contributed by atoms with Gasteiger partial charge in [0, 0.05) is 15.6 Å². The number of anilines is 1. The van der Waals surface area contributed by atoms with E-state index in [2.05, 4.69) is 90.4 Å². The Morgan fingerprint density at radius 2 is 1.57 bits per heavy atom. The number of fused-ring (bicyclic) bond motifs is 3. The fourth-order valence-corrected chi connectivity index (χ4v) is 4.02. The van der Waals surface area contributed by atoms with Crippen molar-refractivity contribution in [2.45, 2.75) is 19.3 Å². The minimum absolute atomic E-state index is 0.0374. The monoisotopic (exact) mass is 363 g/mol. The predicted molar refractivity (Wildman–Crippen MR) is 102 cm³/mol. The molecule has 4 rings (SSSR count). The van der Waals surface area contributed by atoms with Gasteiger partial charge in [0.2, 0.25) is 0 Å². The van der Waals surface area contributed by atoms with Gasteiger partial charge in [-0.05, 0) is 61.4 Å². The van der Waals surface area contributed by atoms with Crippen molar-refractivity contribution in [3.63, 3.8) is 0 Å². The molecule has 0 aromatic heterocycles. The van der Waals surface area contributed by atoms with E-state index >= 15 is 0 Å². The molecule has 23 heavy (non-hydrogen) atoms. The highest BCUT2D eigenvalue weighted by Gasteiger charge is 2.37. The maximum absolute atomic E-state index is 6.15. The molecule has 2 N–H and O–H groups in total. The third-order valence-electron chi connectivity index (χ3n) is 4.90. The van der Waals surface area contributed by atoms with Crippen LogP contribution in [-0.2, 0) is 5.41 Å². The van der Waals surface area contributed by atoms with E-state index in [-0.39, 0.29) is 5.41 Å². The van der Waals surface area contributed by atoms with Crippen molar-refractivity contribution < 1.29 is 0 Å². The average molecular weight is 364 g/mol. The van der Waals surface area contributed by atoms with Crippen molar-refractivity contribution in [1.82, 2.24) is 0 Å². The maximum Gasteiger partial charge on any atom is 0.0462 e. The van der Waals surface area contributed by atoms with Crippen LogP contribution in [-0.4, -0.2) is 0 Å². The number of hydrogen-bond donors (Lipinski definition) is 1. The first-order chi connectivity index (χ1) is 11.0. The van der Waals surface area contributed by atoms with Crippen LogP contribution in [0.4, 0.5) is 5.69 Å². The molecule has 0 aliphatic heterocycles. The fraction of sp³-hybridized carbons (Fsp3) is 0.143. The van der Waals surface area contributed by atoms with E-state index in [1.807, 2.05) is 0 Å². The summed E-state index contributed by atoms with van der Waals surface area (Å²) in [5, 5.41) is 0. The first kappa shape index (κ1) is 14.5. The van der Waals surface area contributed by atoms with Gasteiger partial charge < -0.3 is 5.73 Å². The van der Waals surface area contributed by atoms with Gasteiger partial charge in [0.05, 0.1) is 0 Å². The molecule has 1 aliphatic rings. The Morgan fingerprint density at radius 3 is 2.30 bits per heavy atom. The topological polar surface area (TPSA) is 26.0 Å². The molecule has 1 aliphatic carbocycles. The van der Waals surface area contributed by atoms with Gasteiger partial charge in [-0.2, -0.15) is 0 Å². The zero-order valence-corrected chi connectivity index (χ0v) is 14.8. The van der Waals surface area contributed by atoms with Crippen LogP contribution in [0.3, 0.4) is 0 Å². The molecule has 0 spiro atoms. The Balaban J connectivity index is 2.09. The van der Waals surface area contributed by atoms with Crippen LogP contribution in [0.5, 0.6) is 0 Å². The van der Waals surface area contributed by atoms with Crippen molar-refractivity contribution in [1.29, 1.82) is 0 Å². The smallest absolute Gasteiger partial charge is 0.0462 e. The van der Waals surface area contributed by atoms with Crippen molar-refractivity contribution in [3.8, 4) is 22.3 Å². The molecular formula is C21H18BrN. The third kappa shape index (κ3) is 2.05. The lowest BCUT2D eigenvalue weighted by molar-refractivity contribution is 0.660. The van der Waals surface area contributed by atoms with Gasteiger partial charge in [-0.3, -0.25) is 0 Å². The second kappa shape index (κ2) is 4.97. The molecule has 0 heterocycles. The van der Waals surface area contributed by atoms with E-state index in [4.69, 9.17) is 5.73 Å². The minimum Gasteiger partial charge on any atom is -0.398 e. The maximum atomic E-state index is 6.15. The minimum atomic E-state index is -0.0374. The first-order valence-corrected chi connectivity index (χ1v) is 8.58.